The molecule has 0 bridgehead atoms. The minimum Gasteiger partial charge on any atom is -0.312 e. The van der Waals surface area contributed by atoms with Crippen molar-refractivity contribution < 1.29 is 4.39 Å². The summed E-state index contributed by atoms with van der Waals surface area (Å²) in [6, 6.07) is 0. The number of nitrogens with zero attached hydrogens (tertiary/aromatic N) is 1. The van der Waals surface area contributed by atoms with Crippen LogP contribution in [-0.2, 0) is 0 Å². The number of allylic oxidation sites excluding steroid dienone is 1. The molecule has 0 fully saturated rings. The fourth-order valence-corrected chi connectivity index (χ4v) is 1.52. The molecule has 0 aliphatic heterocycles. The van der Waals surface area contributed by atoms with Gasteiger partial charge in [0, 0.05) is 17.8 Å². The molecule has 13 heavy (non-hydrogen) atoms. The van der Waals surface area contributed by atoms with Crippen LogP contribution in [0.25, 0.3) is 0 Å². The molecule has 74 valence electrons. The highest BCUT2D eigenvalue weighted by molar-refractivity contribution is 14.1. The number of hydrogen-bond acceptors (Lipinski definition) is 2. The summed E-state index contributed by atoms with van der Waals surface area (Å²) in [5, 5.41) is 7.12. The molecular weight excluding hydrogens is 282 g/mol. The SMILES string of the molecule is CC(F)/C=N\C(I)=C/C(C)(C)C=N. The second kappa shape index (κ2) is 5.47. The van der Waals surface area contributed by atoms with Gasteiger partial charge < -0.3 is 5.41 Å². The lowest BCUT2D eigenvalue weighted by atomic mass is 9.96. The molecule has 0 rings (SSSR count). The van der Waals surface area contributed by atoms with Gasteiger partial charge in [-0.2, -0.15) is 0 Å². The van der Waals surface area contributed by atoms with E-state index in [1.54, 1.807) is 0 Å². The van der Waals surface area contributed by atoms with E-state index in [1.165, 1.54) is 19.4 Å². The zero-order chi connectivity index (χ0) is 10.5. The van der Waals surface area contributed by atoms with E-state index in [0.717, 1.165) is 0 Å². The summed E-state index contributed by atoms with van der Waals surface area (Å²) in [5.41, 5.74) is -0.312. The number of rotatable bonds is 4. The van der Waals surface area contributed by atoms with E-state index in [1.807, 2.05) is 42.5 Å². The third-order valence-electron chi connectivity index (χ3n) is 1.27. The quantitative estimate of drug-likeness (QED) is 0.469. The summed E-state index contributed by atoms with van der Waals surface area (Å²) >= 11 is 2.02. The van der Waals surface area contributed by atoms with Gasteiger partial charge in [0.2, 0.25) is 0 Å². The Morgan fingerprint density at radius 1 is 1.62 bits per heavy atom. The maximum atomic E-state index is 12.4. The van der Waals surface area contributed by atoms with Gasteiger partial charge in [0.15, 0.2) is 0 Å². The smallest absolute Gasteiger partial charge is 0.132 e. The Balaban J connectivity index is 4.41. The van der Waals surface area contributed by atoms with Gasteiger partial charge in [-0.05, 0) is 35.6 Å². The number of nitrogens with one attached hydrogen (secondary N) is 1. The first-order valence-corrected chi connectivity index (χ1v) is 5.03. The Kier molecular flexibility index (Phi) is 5.36. The van der Waals surface area contributed by atoms with Crippen LogP contribution in [0.3, 0.4) is 0 Å². The molecule has 0 aliphatic rings. The molecule has 0 saturated heterocycles. The Labute approximate surface area is 92.0 Å². The van der Waals surface area contributed by atoms with E-state index in [4.69, 9.17) is 5.41 Å². The van der Waals surface area contributed by atoms with E-state index in [0.29, 0.717) is 3.70 Å². The van der Waals surface area contributed by atoms with Gasteiger partial charge in [-0.1, -0.05) is 13.8 Å². The maximum absolute atomic E-state index is 12.4. The van der Waals surface area contributed by atoms with Crippen LogP contribution >= 0.6 is 22.6 Å². The predicted molar refractivity (Wildman–Crippen MR) is 63.7 cm³/mol. The molecule has 0 spiro atoms. The van der Waals surface area contributed by atoms with E-state index < -0.39 is 6.17 Å². The van der Waals surface area contributed by atoms with Crippen molar-refractivity contribution in [3.63, 3.8) is 0 Å². The summed E-state index contributed by atoms with van der Waals surface area (Å²) in [6.07, 6.45) is 3.37. The molecule has 0 aliphatic carbocycles. The maximum Gasteiger partial charge on any atom is 0.132 e. The lowest BCUT2D eigenvalue weighted by Crippen LogP contribution is -2.08. The van der Waals surface area contributed by atoms with Crippen LogP contribution in [0, 0.1) is 10.8 Å². The highest BCUT2D eigenvalue weighted by Gasteiger charge is 2.10. The van der Waals surface area contributed by atoms with E-state index >= 15 is 0 Å². The second-order valence-corrected chi connectivity index (χ2v) is 4.49. The first-order chi connectivity index (χ1) is 5.87. The average Bonchev–Trinajstić information content (AvgIpc) is 2.00. The van der Waals surface area contributed by atoms with Crippen molar-refractivity contribution in [2.24, 2.45) is 10.4 Å². The third-order valence-corrected chi connectivity index (χ3v) is 1.86. The van der Waals surface area contributed by atoms with Crippen molar-refractivity contribution in [1.82, 2.24) is 0 Å². The fourth-order valence-electron chi connectivity index (χ4n) is 0.560. The highest BCUT2D eigenvalue weighted by Crippen LogP contribution is 2.20. The van der Waals surface area contributed by atoms with Crippen LogP contribution in [0.15, 0.2) is 14.8 Å². The van der Waals surface area contributed by atoms with Crippen molar-refractivity contribution in [3.8, 4) is 0 Å². The molecule has 0 heterocycles. The van der Waals surface area contributed by atoms with Gasteiger partial charge in [0.05, 0.1) is 3.70 Å². The van der Waals surface area contributed by atoms with Crippen LogP contribution < -0.4 is 0 Å². The van der Waals surface area contributed by atoms with Crippen molar-refractivity contribution in [1.29, 1.82) is 5.41 Å². The number of hydrogen-bond donors (Lipinski definition) is 1. The largest absolute Gasteiger partial charge is 0.312 e. The van der Waals surface area contributed by atoms with Gasteiger partial charge >= 0.3 is 0 Å². The molecule has 0 amide bonds. The molecule has 1 atom stereocenters. The topological polar surface area (TPSA) is 36.2 Å². The highest BCUT2D eigenvalue weighted by atomic mass is 127. The molecule has 0 aromatic rings. The summed E-state index contributed by atoms with van der Waals surface area (Å²) < 4.78 is 13.1. The van der Waals surface area contributed by atoms with Gasteiger partial charge in [-0.3, -0.25) is 4.99 Å². The molecule has 0 radical (unpaired) electrons. The number of aliphatic imine (C=N–C) groups is 1. The van der Waals surface area contributed by atoms with E-state index in [2.05, 4.69) is 4.99 Å². The van der Waals surface area contributed by atoms with Crippen molar-refractivity contribution >= 4 is 35.0 Å². The van der Waals surface area contributed by atoms with E-state index in [-0.39, 0.29) is 5.41 Å². The summed E-state index contributed by atoms with van der Waals surface area (Å²) in [4.78, 5) is 3.90. The molecule has 0 aromatic heterocycles. The van der Waals surface area contributed by atoms with Crippen molar-refractivity contribution in [2.75, 3.05) is 0 Å². The summed E-state index contributed by atoms with van der Waals surface area (Å²) in [6.45, 7) is 5.22. The summed E-state index contributed by atoms with van der Waals surface area (Å²) in [5.74, 6) is 0. The zero-order valence-electron chi connectivity index (χ0n) is 8.01. The Hall–Kier alpha value is -0.260. The Bertz CT molecular complexity index is 232. The van der Waals surface area contributed by atoms with Crippen LogP contribution in [0.4, 0.5) is 4.39 Å². The van der Waals surface area contributed by atoms with Gasteiger partial charge in [-0.15, -0.1) is 0 Å². The van der Waals surface area contributed by atoms with E-state index in [9.17, 15) is 4.39 Å². The van der Waals surface area contributed by atoms with Crippen LogP contribution in [0.1, 0.15) is 20.8 Å². The number of alkyl halides is 1. The summed E-state index contributed by atoms with van der Waals surface area (Å²) in [7, 11) is 0. The molecule has 0 saturated carbocycles. The predicted octanol–water partition coefficient (Wildman–Crippen LogP) is 3.37. The molecule has 1 unspecified atom stereocenters. The van der Waals surface area contributed by atoms with Crippen molar-refractivity contribution in [3.05, 3.63) is 9.78 Å². The van der Waals surface area contributed by atoms with Crippen LogP contribution in [0.5, 0.6) is 0 Å². The standard InChI is InChI=1S/C9H14FIN2/c1-7(10)5-13-8(11)4-9(2,3)6-12/h4-7,12H,1-3H3/b8-4-,12-6?,13-5-. The second-order valence-electron chi connectivity index (χ2n) is 3.39. The molecule has 4 heteroatoms. The van der Waals surface area contributed by atoms with Crippen LogP contribution in [-0.4, -0.2) is 18.6 Å². The van der Waals surface area contributed by atoms with Gasteiger partial charge in [-0.25, -0.2) is 4.39 Å². The minimum absolute atomic E-state index is 0.312. The first-order valence-electron chi connectivity index (χ1n) is 3.95. The Morgan fingerprint density at radius 2 is 2.15 bits per heavy atom. The average molecular weight is 296 g/mol. The lowest BCUT2D eigenvalue weighted by Gasteiger charge is -2.11. The van der Waals surface area contributed by atoms with Gasteiger partial charge in [0.25, 0.3) is 0 Å². The first kappa shape index (κ1) is 12.7. The third kappa shape index (κ3) is 6.86. The Morgan fingerprint density at radius 3 is 2.54 bits per heavy atom. The van der Waals surface area contributed by atoms with Crippen LogP contribution in [0.2, 0.25) is 0 Å². The van der Waals surface area contributed by atoms with Gasteiger partial charge in [0.1, 0.15) is 6.17 Å². The molecule has 2 nitrogen and oxygen atoms in total. The lowest BCUT2D eigenvalue weighted by molar-refractivity contribution is 0.461. The molecule has 0 aromatic carbocycles. The molecular formula is C9H14FIN2. The fraction of sp³-hybridized carbons (Fsp3) is 0.556. The molecule has 1 N–H and O–H groups in total. The normalized spacial score (nSPS) is 16.2. The van der Waals surface area contributed by atoms with Crippen molar-refractivity contribution in [2.45, 2.75) is 26.9 Å². The number of halogens is 2. The zero-order valence-corrected chi connectivity index (χ0v) is 10.2. The monoisotopic (exact) mass is 296 g/mol. The minimum atomic E-state index is -1.03.